The molecule has 1 amide bonds. The molecule has 5 rings (SSSR count). The highest BCUT2D eigenvalue weighted by Crippen LogP contribution is 2.33. The fourth-order valence-electron chi connectivity index (χ4n) is 5.22. The van der Waals surface area contributed by atoms with Gasteiger partial charge in [0, 0.05) is 28.0 Å². The van der Waals surface area contributed by atoms with Crippen LogP contribution in [0, 0.1) is 6.92 Å². The van der Waals surface area contributed by atoms with Gasteiger partial charge in [0.15, 0.2) is 0 Å². The number of thiophene rings is 1. The largest absolute Gasteiger partial charge is 0.382 e. The highest BCUT2D eigenvalue weighted by atomic mass is 32.1. The molecule has 0 saturated heterocycles. The number of nitrogens with one attached hydrogen (secondary N) is 2. The van der Waals surface area contributed by atoms with Crippen molar-refractivity contribution in [3.8, 4) is 0 Å². The van der Waals surface area contributed by atoms with Crippen LogP contribution < -0.4 is 10.6 Å². The summed E-state index contributed by atoms with van der Waals surface area (Å²) in [5.41, 5.74) is 3.25. The summed E-state index contributed by atoms with van der Waals surface area (Å²) in [5, 5.41) is 8.00. The number of anilines is 1. The molecule has 1 aromatic carbocycles. The molecule has 2 aromatic heterocycles. The summed E-state index contributed by atoms with van der Waals surface area (Å²) < 4.78 is 14.7. The van der Waals surface area contributed by atoms with E-state index in [1.165, 1.54) is 23.3 Å². The van der Waals surface area contributed by atoms with Gasteiger partial charge in [0.05, 0.1) is 16.1 Å². The van der Waals surface area contributed by atoms with Gasteiger partial charge in [-0.3, -0.25) is 4.79 Å². The number of rotatable bonds is 5. The van der Waals surface area contributed by atoms with Crippen LogP contribution in [0.15, 0.2) is 30.3 Å². The summed E-state index contributed by atoms with van der Waals surface area (Å²) >= 11 is 1.68. The van der Waals surface area contributed by atoms with Crippen molar-refractivity contribution in [2.45, 2.75) is 89.9 Å². The van der Waals surface area contributed by atoms with E-state index < -0.39 is 5.67 Å². The third-order valence-electron chi connectivity index (χ3n) is 7.22. The minimum absolute atomic E-state index is 0.0845. The molecule has 34 heavy (non-hydrogen) atoms. The van der Waals surface area contributed by atoms with Gasteiger partial charge in [-0.25, -0.2) is 9.37 Å². The van der Waals surface area contributed by atoms with Crippen molar-refractivity contribution in [2.75, 3.05) is 5.32 Å². The number of hydrogen-bond acceptors (Lipinski definition) is 4. The van der Waals surface area contributed by atoms with Gasteiger partial charge in [-0.05, 0) is 102 Å². The van der Waals surface area contributed by atoms with Crippen LogP contribution in [0.1, 0.15) is 83.7 Å². The smallest absolute Gasteiger partial charge is 0.261 e. The van der Waals surface area contributed by atoms with Crippen molar-refractivity contribution in [1.29, 1.82) is 0 Å². The first-order valence-corrected chi connectivity index (χ1v) is 13.4. The summed E-state index contributed by atoms with van der Waals surface area (Å²) in [6.45, 7) is 5.17. The number of carbonyl (C=O) groups excluding carboxylic acids is 1. The fourth-order valence-corrected chi connectivity index (χ4v) is 6.38. The molecule has 0 unspecified atom stereocenters. The second-order valence-corrected chi connectivity index (χ2v) is 11.6. The van der Waals surface area contributed by atoms with E-state index in [1.54, 1.807) is 25.2 Å². The molecule has 2 aliphatic rings. The second kappa shape index (κ2) is 9.29. The molecular weight excluding hydrogens is 445 g/mol. The SMILES string of the molecule is Cc1ccc2nc(C(C)(C)F)cc(NC3CCC(NC(=O)c4cc5c(s4)CCCC5)CC3)c2c1. The molecule has 6 heteroatoms. The van der Waals surface area contributed by atoms with Gasteiger partial charge < -0.3 is 10.6 Å². The number of alkyl halides is 1. The number of nitrogens with zero attached hydrogens (tertiary/aromatic N) is 1. The summed E-state index contributed by atoms with van der Waals surface area (Å²) in [6.07, 6.45) is 8.53. The van der Waals surface area contributed by atoms with Crippen LogP contribution >= 0.6 is 11.3 Å². The third kappa shape index (κ3) is 4.97. The van der Waals surface area contributed by atoms with Crippen LogP contribution in [-0.4, -0.2) is 23.0 Å². The Hall–Kier alpha value is -2.47. The van der Waals surface area contributed by atoms with Crippen molar-refractivity contribution in [1.82, 2.24) is 10.3 Å². The van der Waals surface area contributed by atoms with Gasteiger partial charge in [-0.2, -0.15) is 0 Å². The van der Waals surface area contributed by atoms with E-state index in [4.69, 9.17) is 0 Å². The Morgan fingerprint density at radius 3 is 2.53 bits per heavy atom. The van der Waals surface area contributed by atoms with Gasteiger partial charge >= 0.3 is 0 Å². The zero-order valence-electron chi connectivity index (χ0n) is 20.3. The maximum Gasteiger partial charge on any atom is 0.261 e. The minimum Gasteiger partial charge on any atom is -0.382 e. The highest BCUT2D eigenvalue weighted by molar-refractivity contribution is 7.14. The van der Waals surface area contributed by atoms with Crippen LogP contribution in [-0.2, 0) is 18.5 Å². The average Bonchev–Trinajstić information content (AvgIpc) is 3.24. The van der Waals surface area contributed by atoms with E-state index in [2.05, 4.69) is 34.7 Å². The molecule has 0 bridgehead atoms. The molecule has 2 N–H and O–H groups in total. The number of amides is 1. The summed E-state index contributed by atoms with van der Waals surface area (Å²) in [7, 11) is 0. The number of aromatic nitrogens is 1. The van der Waals surface area contributed by atoms with Crippen LogP contribution in [0.4, 0.5) is 10.1 Å². The highest BCUT2D eigenvalue weighted by Gasteiger charge is 2.26. The topological polar surface area (TPSA) is 54.0 Å². The number of pyridine rings is 1. The lowest BCUT2D eigenvalue weighted by molar-refractivity contribution is 0.0930. The molecule has 0 atom stereocenters. The Balaban J connectivity index is 1.24. The van der Waals surface area contributed by atoms with Gasteiger partial charge in [-0.15, -0.1) is 11.3 Å². The molecule has 1 fully saturated rings. The van der Waals surface area contributed by atoms with Crippen molar-refractivity contribution < 1.29 is 9.18 Å². The minimum atomic E-state index is -1.50. The maximum absolute atomic E-state index is 14.7. The van der Waals surface area contributed by atoms with E-state index in [0.717, 1.165) is 65.6 Å². The molecule has 4 nitrogen and oxygen atoms in total. The van der Waals surface area contributed by atoms with E-state index in [1.807, 2.05) is 18.2 Å². The Kier molecular flexibility index (Phi) is 6.36. The standard InChI is InChI=1S/C28H34FN3OS/c1-17-8-13-22-21(14-17)23(16-26(32-22)28(2,3)29)30-19-9-11-20(12-10-19)31-27(33)25-15-18-6-4-5-7-24(18)34-25/h8,13-16,19-20H,4-7,9-12H2,1-3H3,(H,30,32)(H,31,33). The number of aryl methyl sites for hydroxylation is 3. The van der Waals surface area contributed by atoms with Crippen molar-refractivity contribution in [3.05, 3.63) is 56.9 Å². The number of fused-ring (bicyclic) bond motifs is 2. The molecule has 2 heterocycles. The first-order valence-electron chi connectivity index (χ1n) is 12.6. The molecule has 2 aliphatic carbocycles. The van der Waals surface area contributed by atoms with Gasteiger partial charge in [0.1, 0.15) is 5.67 Å². The Bertz CT molecular complexity index is 1180. The quantitative estimate of drug-likeness (QED) is 0.421. The van der Waals surface area contributed by atoms with Crippen LogP contribution in [0.2, 0.25) is 0 Å². The lowest BCUT2D eigenvalue weighted by Gasteiger charge is -2.31. The zero-order valence-corrected chi connectivity index (χ0v) is 21.2. The molecule has 180 valence electrons. The maximum atomic E-state index is 14.7. The lowest BCUT2D eigenvalue weighted by atomic mass is 9.90. The second-order valence-electron chi connectivity index (χ2n) is 10.5. The molecule has 0 spiro atoms. The number of benzene rings is 1. The third-order valence-corrected chi connectivity index (χ3v) is 8.45. The predicted molar refractivity (Wildman–Crippen MR) is 139 cm³/mol. The first kappa shape index (κ1) is 23.3. The molecule has 1 saturated carbocycles. The van der Waals surface area contributed by atoms with E-state index in [-0.39, 0.29) is 11.9 Å². The number of halogens is 1. The summed E-state index contributed by atoms with van der Waals surface area (Å²) in [5.74, 6) is 0.0845. The Morgan fingerprint density at radius 2 is 1.79 bits per heavy atom. The molecule has 3 aromatic rings. The van der Waals surface area contributed by atoms with E-state index in [9.17, 15) is 9.18 Å². The van der Waals surface area contributed by atoms with Crippen LogP contribution in [0.3, 0.4) is 0 Å². The van der Waals surface area contributed by atoms with Gasteiger partial charge in [0.25, 0.3) is 5.91 Å². The summed E-state index contributed by atoms with van der Waals surface area (Å²) in [4.78, 5) is 19.7. The molecular formula is C28H34FN3OS. The summed E-state index contributed by atoms with van der Waals surface area (Å²) in [6, 6.07) is 10.6. The van der Waals surface area contributed by atoms with Crippen molar-refractivity contribution in [3.63, 3.8) is 0 Å². The van der Waals surface area contributed by atoms with Crippen molar-refractivity contribution in [2.24, 2.45) is 0 Å². The van der Waals surface area contributed by atoms with E-state index >= 15 is 0 Å². The van der Waals surface area contributed by atoms with Crippen molar-refractivity contribution >= 4 is 33.8 Å². The van der Waals surface area contributed by atoms with Gasteiger partial charge in [0.2, 0.25) is 0 Å². The lowest BCUT2D eigenvalue weighted by Crippen LogP contribution is -2.40. The Morgan fingerprint density at radius 1 is 1.06 bits per heavy atom. The van der Waals surface area contributed by atoms with Gasteiger partial charge in [-0.1, -0.05) is 11.6 Å². The molecule has 0 aliphatic heterocycles. The zero-order chi connectivity index (χ0) is 23.9. The number of hydrogen-bond donors (Lipinski definition) is 2. The normalized spacial score (nSPS) is 20.7. The number of carbonyl (C=O) groups is 1. The molecule has 0 radical (unpaired) electrons. The first-order chi connectivity index (χ1) is 16.3. The van der Waals surface area contributed by atoms with E-state index in [0.29, 0.717) is 11.7 Å². The predicted octanol–water partition coefficient (Wildman–Crippen LogP) is 6.84. The van der Waals surface area contributed by atoms with Crippen LogP contribution in [0.25, 0.3) is 10.9 Å². The monoisotopic (exact) mass is 479 g/mol. The van der Waals surface area contributed by atoms with Crippen LogP contribution in [0.5, 0.6) is 0 Å². The average molecular weight is 480 g/mol. The Labute approximate surface area is 205 Å². The fraction of sp³-hybridized carbons (Fsp3) is 0.500.